The highest BCUT2D eigenvalue weighted by atomic mass is 32.1. The van der Waals surface area contributed by atoms with Crippen LogP contribution in [0.3, 0.4) is 0 Å². The predicted molar refractivity (Wildman–Crippen MR) is 79.6 cm³/mol. The average Bonchev–Trinajstić information content (AvgIpc) is 2.90. The fourth-order valence-electron chi connectivity index (χ4n) is 2.04. The summed E-state index contributed by atoms with van der Waals surface area (Å²) in [6.45, 7) is 2.11. The van der Waals surface area contributed by atoms with Crippen LogP contribution in [0.1, 0.15) is 47.5 Å². The van der Waals surface area contributed by atoms with E-state index < -0.39 is 6.50 Å². The lowest BCUT2D eigenvalue weighted by atomic mass is 10.1. The smallest absolute Gasteiger partial charge is 0.253 e. The molecule has 0 unspecified atom stereocenters. The van der Waals surface area contributed by atoms with Gasteiger partial charge in [-0.1, -0.05) is 32.3 Å². The predicted octanol–water partition coefficient (Wildman–Crippen LogP) is 3.22. The zero-order valence-electron chi connectivity index (χ0n) is 13.7. The summed E-state index contributed by atoms with van der Waals surface area (Å²) >= 11 is 1.15. The molecule has 5 heteroatoms. The number of aromatic nitrogens is 2. The third-order valence-electron chi connectivity index (χ3n) is 3.12. The molecule has 1 aliphatic heterocycles. The molecular formula is C14H23N3OS. The zero-order valence-corrected chi connectivity index (χ0v) is 12.5. The van der Waals surface area contributed by atoms with Gasteiger partial charge in [0.2, 0.25) is 0 Å². The second-order valence-electron chi connectivity index (χ2n) is 4.77. The summed E-state index contributed by atoms with van der Waals surface area (Å²) in [7, 11) is 1.79. The number of ether oxygens (including phenoxy) is 1. The first kappa shape index (κ1) is 11.9. The first-order valence-corrected chi connectivity index (χ1v) is 7.63. The SMILES string of the molecule is [2H]C1([2H])CC=C(c2nsnc2OCCCCCC)CN1C. The van der Waals surface area contributed by atoms with E-state index in [9.17, 15) is 0 Å². The van der Waals surface area contributed by atoms with Crippen molar-refractivity contribution in [1.82, 2.24) is 13.6 Å². The van der Waals surface area contributed by atoms with E-state index in [0.717, 1.165) is 29.4 Å². The Morgan fingerprint density at radius 2 is 2.32 bits per heavy atom. The third-order valence-corrected chi connectivity index (χ3v) is 3.63. The van der Waals surface area contributed by atoms with Gasteiger partial charge in [0.05, 0.1) is 18.3 Å². The van der Waals surface area contributed by atoms with E-state index in [-0.39, 0.29) is 0 Å². The molecule has 0 aliphatic carbocycles. The lowest BCUT2D eigenvalue weighted by Gasteiger charge is -2.22. The van der Waals surface area contributed by atoms with Gasteiger partial charge in [-0.15, -0.1) is 4.37 Å². The maximum atomic E-state index is 7.86. The standard InChI is InChI=1S/C14H23N3OS/c1-3-4-5-6-10-18-14-13(15-19-16-14)12-8-7-9-17(2)11-12/h8H,3-7,9-11H2,1-2H3/i9D2. The minimum Gasteiger partial charge on any atom is -0.475 e. The molecule has 0 radical (unpaired) electrons. The Balaban J connectivity index is 1.96. The number of likely N-dealkylation sites (N-methyl/N-ethyl adjacent to an activating group) is 1. The molecule has 0 saturated heterocycles. The van der Waals surface area contributed by atoms with Gasteiger partial charge in [-0.2, -0.15) is 4.37 Å². The van der Waals surface area contributed by atoms with Gasteiger partial charge in [0.25, 0.3) is 5.88 Å². The van der Waals surface area contributed by atoms with Crippen molar-refractivity contribution < 1.29 is 7.48 Å². The Hall–Kier alpha value is -0.940. The highest BCUT2D eigenvalue weighted by molar-refractivity contribution is 6.99. The summed E-state index contributed by atoms with van der Waals surface area (Å²) in [6, 6.07) is 0. The van der Waals surface area contributed by atoms with E-state index in [2.05, 4.69) is 15.7 Å². The van der Waals surface area contributed by atoms with Gasteiger partial charge in [-0.05, 0) is 25.5 Å². The molecule has 1 aliphatic rings. The lowest BCUT2D eigenvalue weighted by Crippen LogP contribution is -2.25. The van der Waals surface area contributed by atoms with E-state index in [1.54, 1.807) is 11.9 Å². The van der Waals surface area contributed by atoms with Crippen molar-refractivity contribution >= 4 is 17.3 Å². The summed E-state index contributed by atoms with van der Waals surface area (Å²) in [5.41, 5.74) is 1.78. The molecule has 0 amide bonds. The lowest BCUT2D eigenvalue weighted by molar-refractivity contribution is 0.294. The van der Waals surface area contributed by atoms with Gasteiger partial charge in [0.15, 0.2) is 0 Å². The van der Waals surface area contributed by atoms with Crippen LogP contribution in [0.25, 0.3) is 5.57 Å². The highest BCUT2D eigenvalue weighted by Crippen LogP contribution is 2.27. The molecule has 0 fully saturated rings. The second-order valence-corrected chi connectivity index (χ2v) is 5.30. The molecule has 0 saturated carbocycles. The van der Waals surface area contributed by atoms with Gasteiger partial charge in [0.1, 0.15) is 5.69 Å². The summed E-state index contributed by atoms with van der Waals surface area (Å²) < 4.78 is 30.0. The molecule has 2 heterocycles. The van der Waals surface area contributed by atoms with Gasteiger partial charge in [-0.25, -0.2) is 0 Å². The molecule has 0 bridgehead atoms. The van der Waals surface area contributed by atoms with Crippen LogP contribution in [0.2, 0.25) is 0 Å². The number of hydrogen-bond donors (Lipinski definition) is 0. The van der Waals surface area contributed by atoms with E-state index in [1.165, 1.54) is 19.3 Å². The highest BCUT2D eigenvalue weighted by Gasteiger charge is 2.18. The van der Waals surface area contributed by atoms with Crippen molar-refractivity contribution in [3.05, 3.63) is 11.8 Å². The maximum absolute atomic E-state index is 7.86. The van der Waals surface area contributed by atoms with Crippen molar-refractivity contribution in [3.63, 3.8) is 0 Å². The first-order chi connectivity index (χ1) is 10.0. The topological polar surface area (TPSA) is 38.3 Å². The van der Waals surface area contributed by atoms with Gasteiger partial charge < -0.3 is 9.64 Å². The molecule has 19 heavy (non-hydrogen) atoms. The Kier molecular flexibility index (Phi) is 4.74. The molecule has 4 nitrogen and oxygen atoms in total. The van der Waals surface area contributed by atoms with Crippen molar-refractivity contribution in [1.29, 1.82) is 0 Å². The number of hydrogen-bond acceptors (Lipinski definition) is 5. The quantitative estimate of drug-likeness (QED) is 0.720. The fourth-order valence-corrected chi connectivity index (χ4v) is 2.57. The van der Waals surface area contributed by atoms with Gasteiger partial charge in [0, 0.05) is 15.8 Å². The zero-order chi connectivity index (χ0) is 15.3. The first-order valence-electron chi connectivity index (χ1n) is 7.90. The van der Waals surface area contributed by atoms with E-state index in [4.69, 9.17) is 7.48 Å². The van der Waals surface area contributed by atoms with Crippen molar-refractivity contribution in [2.24, 2.45) is 0 Å². The summed E-state index contributed by atoms with van der Waals surface area (Å²) in [6.07, 6.45) is 6.94. The minimum absolute atomic E-state index is 0.367. The van der Waals surface area contributed by atoms with Crippen LogP contribution in [0.15, 0.2) is 6.08 Å². The van der Waals surface area contributed by atoms with Gasteiger partial charge >= 0.3 is 0 Å². The van der Waals surface area contributed by atoms with Crippen LogP contribution in [0, 0.1) is 0 Å². The molecule has 0 spiro atoms. The van der Waals surface area contributed by atoms with Crippen LogP contribution < -0.4 is 4.74 Å². The molecule has 0 N–H and O–H groups in total. The summed E-state index contributed by atoms with van der Waals surface area (Å²) in [5.74, 6) is 0.596. The number of nitrogens with zero attached hydrogens (tertiary/aromatic N) is 3. The van der Waals surface area contributed by atoms with Crippen LogP contribution in [-0.2, 0) is 0 Å². The van der Waals surface area contributed by atoms with E-state index >= 15 is 0 Å². The minimum atomic E-state index is -1.28. The van der Waals surface area contributed by atoms with Crippen LogP contribution in [0.5, 0.6) is 5.88 Å². The van der Waals surface area contributed by atoms with Gasteiger partial charge in [-0.3, -0.25) is 0 Å². The van der Waals surface area contributed by atoms with E-state index in [0.29, 0.717) is 25.5 Å². The Morgan fingerprint density at radius 3 is 3.11 bits per heavy atom. The molecule has 106 valence electrons. The Labute approximate surface area is 122 Å². The number of rotatable bonds is 7. The monoisotopic (exact) mass is 283 g/mol. The average molecular weight is 283 g/mol. The molecule has 1 aromatic heterocycles. The molecule has 2 rings (SSSR count). The fraction of sp³-hybridized carbons (Fsp3) is 0.714. The van der Waals surface area contributed by atoms with Crippen LogP contribution in [0.4, 0.5) is 0 Å². The largest absolute Gasteiger partial charge is 0.475 e. The Bertz CT molecular complexity index is 490. The molecule has 0 atom stereocenters. The molecule has 1 aromatic rings. The van der Waals surface area contributed by atoms with Crippen molar-refractivity contribution in [2.75, 3.05) is 26.7 Å². The van der Waals surface area contributed by atoms with Crippen LogP contribution >= 0.6 is 11.7 Å². The molecular weight excluding hydrogens is 258 g/mol. The summed E-state index contributed by atoms with van der Waals surface area (Å²) in [5, 5.41) is 0. The summed E-state index contributed by atoms with van der Waals surface area (Å²) in [4.78, 5) is 1.70. The molecule has 0 aromatic carbocycles. The van der Waals surface area contributed by atoms with Crippen LogP contribution in [-0.4, -0.2) is 40.3 Å². The van der Waals surface area contributed by atoms with Crippen molar-refractivity contribution in [2.45, 2.75) is 39.0 Å². The Morgan fingerprint density at radius 1 is 1.42 bits per heavy atom. The van der Waals surface area contributed by atoms with E-state index in [1.807, 2.05) is 6.08 Å². The normalized spacial score (nSPS) is 20.6. The second kappa shape index (κ2) is 7.60. The maximum Gasteiger partial charge on any atom is 0.253 e. The number of unbranched alkanes of at least 4 members (excludes halogenated alkanes) is 3. The van der Waals surface area contributed by atoms with Crippen molar-refractivity contribution in [3.8, 4) is 5.88 Å². The third kappa shape index (κ3) is 4.28.